The highest BCUT2D eigenvalue weighted by Crippen LogP contribution is 2.20. The molecule has 8 nitrogen and oxygen atoms in total. The zero-order valence-corrected chi connectivity index (χ0v) is 17.2. The Bertz CT molecular complexity index is 956. The van der Waals surface area contributed by atoms with E-state index in [-0.39, 0.29) is 35.3 Å². The Hall–Kier alpha value is -3.33. The van der Waals surface area contributed by atoms with Crippen LogP contribution in [-0.4, -0.2) is 47.4 Å². The van der Waals surface area contributed by atoms with Crippen LogP contribution in [0.25, 0.3) is 0 Å². The van der Waals surface area contributed by atoms with Crippen molar-refractivity contribution in [2.45, 2.75) is 32.4 Å². The van der Waals surface area contributed by atoms with Crippen LogP contribution in [0.1, 0.15) is 46.0 Å². The molecule has 0 saturated carbocycles. The van der Waals surface area contributed by atoms with Gasteiger partial charge in [-0.15, -0.1) is 0 Å². The van der Waals surface area contributed by atoms with E-state index < -0.39 is 16.8 Å². The number of piperidine rings is 1. The molecule has 1 aliphatic rings. The second-order valence-corrected chi connectivity index (χ2v) is 7.40. The monoisotopic (exact) mass is 429 g/mol. The zero-order valence-electron chi connectivity index (χ0n) is 17.2. The third kappa shape index (κ3) is 6.08. The number of hydrogen-bond donors (Lipinski definition) is 1. The molecule has 0 aliphatic carbocycles. The fraction of sp³-hybridized carbons (Fsp3) is 0.364. The Balaban J connectivity index is 1.60. The highest BCUT2D eigenvalue weighted by Gasteiger charge is 2.23. The van der Waals surface area contributed by atoms with Crippen molar-refractivity contribution in [1.82, 2.24) is 10.2 Å². The number of esters is 1. The molecular formula is C22H24FN3O5. The third-order valence-electron chi connectivity index (χ3n) is 5.14. The fourth-order valence-electron chi connectivity index (χ4n) is 3.53. The lowest BCUT2D eigenvalue weighted by Gasteiger charge is -2.32. The van der Waals surface area contributed by atoms with E-state index in [0.717, 1.165) is 30.8 Å². The molecular weight excluding hydrogens is 405 g/mol. The summed E-state index contributed by atoms with van der Waals surface area (Å²) in [5.41, 5.74) is 0.693. The number of non-ortho nitro benzene ring substituents is 1. The number of hydrogen-bond acceptors (Lipinski definition) is 6. The van der Waals surface area contributed by atoms with E-state index in [2.05, 4.69) is 10.2 Å². The molecule has 3 rings (SSSR count). The van der Waals surface area contributed by atoms with Gasteiger partial charge in [0.15, 0.2) is 0 Å². The van der Waals surface area contributed by atoms with Crippen LogP contribution in [-0.2, 0) is 11.3 Å². The Morgan fingerprint density at radius 1 is 1.16 bits per heavy atom. The predicted molar refractivity (Wildman–Crippen MR) is 111 cm³/mol. The van der Waals surface area contributed by atoms with Crippen LogP contribution in [0.4, 0.5) is 10.1 Å². The first-order chi connectivity index (χ1) is 14.9. The molecule has 1 heterocycles. The Labute approximate surface area is 179 Å². The summed E-state index contributed by atoms with van der Waals surface area (Å²) in [4.78, 5) is 37.5. The minimum absolute atomic E-state index is 0.0321. The van der Waals surface area contributed by atoms with Gasteiger partial charge in [0.1, 0.15) is 5.82 Å². The molecule has 2 aromatic carbocycles. The fourth-order valence-corrected chi connectivity index (χ4v) is 3.53. The Morgan fingerprint density at radius 2 is 1.81 bits per heavy atom. The van der Waals surface area contributed by atoms with Crippen LogP contribution in [0.3, 0.4) is 0 Å². The summed E-state index contributed by atoms with van der Waals surface area (Å²) >= 11 is 0. The highest BCUT2D eigenvalue weighted by atomic mass is 19.1. The number of ether oxygens (including phenoxy) is 1. The molecule has 1 amide bonds. The number of nitrogens with zero attached hydrogens (tertiary/aromatic N) is 2. The van der Waals surface area contributed by atoms with Crippen LogP contribution < -0.4 is 5.32 Å². The van der Waals surface area contributed by atoms with Gasteiger partial charge in [-0.1, -0.05) is 12.1 Å². The van der Waals surface area contributed by atoms with Crippen LogP contribution in [0.2, 0.25) is 0 Å². The number of carbonyl (C=O) groups is 2. The molecule has 9 heteroatoms. The van der Waals surface area contributed by atoms with Crippen molar-refractivity contribution in [3.8, 4) is 0 Å². The van der Waals surface area contributed by atoms with Gasteiger partial charge in [0, 0.05) is 43.4 Å². The average molecular weight is 429 g/mol. The molecule has 0 unspecified atom stereocenters. The van der Waals surface area contributed by atoms with Crippen molar-refractivity contribution < 1.29 is 23.6 Å². The summed E-state index contributed by atoms with van der Waals surface area (Å²) in [6, 6.07) is 9.87. The van der Waals surface area contributed by atoms with Crippen LogP contribution in [0.5, 0.6) is 0 Å². The number of rotatable bonds is 7. The van der Waals surface area contributed by atoms with Crippen LogP contribution in [0.15, 0.2) is 42.5 Å². The number of nitrogens with one attached hydrogen (secondary N) is 1. The lowest BCUT2D eigenvalue weighted by Crippen LogP contribution is -2.44. The van der Waals surface area contributed by atoms with Crippen LogP contribution in [0, 0.1) is 15.9 Å². The molecule has 1 saturated heterocycles. The topological polar surface area (TPSA) is 102 Å². The molecule has 1 aliphatic heterocycles. The van der Waals surface area contributed by atoms with Gasteiger partial charge in [-0.3, -0.25) is 19.8 Å². The van der Waals surface area contributed by atoms with E-state index in [1.165, 1.54) is 18.2 Å². The van der Waals surface area contributed by atoms with Crippen molar-refractivity contribution in [3.63, 3.8) is 0 Å². The summed E-state index contributed by atoms with van der Waals surface area (Å²) < 4.78 is 17.9. The molecule has 31 heavy (non-hydrogen) atoms. The first kappa shape index (κ1) is 22.4. The molecule has 2 aromatic rings. The maximum atomic E-state index is 13.0. The SMILES string of the molecule is CCOC(=O)c1cc(C(=O)NC2CCN(Cc3ccc(F)cc3)CC2)cc([N+](=O)[O-])c1. The summed E-state index contributed by atoms with van der Waals surface area (Å²) in [6.45, 7) is 3.97. The highest BCUT2D eigenvalue weighted by molar-refractivity contribution is 5.99. The predicted octanol–water partition coefficient (Wildman–Crippen LogP) is 3.31. The summed E-state index contributed by atoms with van der Waals surface area (Å²) in [5.74, 6) is -1.45. The Morgan fingerprint density at radius 3 is 2.42 bits per heavy atom. The molecule has 1 N–H and O–H groups in total. The number of halogens is 1. The molecule has 1 fully saturated rings. The van der Waals surface area contributed by atoms with Crippen molar-refractivity contribution in [2.24, 2.45) is 0 Å². The van der Waals surface area contributed by atoms with Gasteiger partial charge in [0.2, 0.25) is 0 Å². The maximum absolute atomic E-state index is 13.0. The smallest absolute Gasteiger partial charge is 0.338 e. The third-order valence-corrected chi connectivity index (χ3v) is 5.14. The summed E-state index contributed by atoms with van der Waals surface area (Å²) in [5, 5.41) is 14.1. The van der Waals surface area contributed by atoms with E-state index in [1.54, 1.807) is 19.1 Å². The van der Waals surface area contributed by atoms with Gasteiger partial charge in [-0.2, -0.15) is 0 Å². The summed E-state index contributed by atoms with van der Waals surface area (Å²) in [7, 11) is 0. The second-order valence-electron chi connectivity index (χ2n) is 7.40. The first-order valence-electron chi connectivity index (χ1n) is 10.1. The number of amides is 1. The van der Waals surface area contributed by atoms with Crippen molar-refractivity contribution >= 4 is 17.6 Å². The molecule has 0 atom stereocenters. The van der Waals surface area contributed by atoms with Gasteiger partial charge in [0.25, 0.3) is 11.6 Å². The lowest BCUT2D eigenvalue weighted by atomic mass is 10.0. The number of carbonyl (C=O) groups excluding carboxylic acids is 2. The quantitative estimate of drug-likeness (QED) is 0.412. The number of benzene rings is 2. The normalized spacial score (nSPS) is 14.8. The van der Waals surface area contributed by atoms with E-state index in [1.807, 2.05) is 0 Å². The second kappa shape index (κ2) is 10.1. The maximum Gasteiger partial charge on any atom is 0.338 e. The van der Waals surface area contributed by atoms with Crippen LogP contribution >= 0.6 is 0 Å². The molecule has 0 radical (unpaired) electrons. The molecule has 0 aromatic heterocycles. The number of likely N-dealkylation sites (tertiary alicyclic amines) is 1. The summed E-state index contributed by atoms with van der Waals surface area (Å²) in [6.07, 6.45) is 1.43. The van der Waals surface area contributed by atoms with Gasteiger partial charge in [0.05, 0.1) is 17.1 Å². The van der Waals surface area contributed by atoms with Crippen molar-refractivity contribution in [2.75, 3.05) is 19.7 Å². The minimum atomic E-state index is -0.714. The van der Waals surface area contributed by atoms with Crippen molar-refractivity contribution in [1.29, 1.82) is 0 Å². The molecule has 0 spiro atoms. The number of nitro benzene ring substituents is 1. The van der Waals surface area contributed by atoms with Gasteiger partial charge in [-0.25, -0.2) is 9.18 Å². The van der Waals surface area contributed by atoms with Gasteiger partial charge in [-0.05, 0) is 43.5 Å². The molecule has 0 bridgehead atoms. The van der Waals surface area contributed by atoms with Gasteiger partial charge >= 0.3 is 5.97 Å². The standard InChI is InChI=1S/C22H24FN3O5/c1-2-31-22(28)17-11-16(12-20(13-17)26(29)30)21(27)24-19-7-9-25(10-8-19)14-15-3-5-18(23)6-4-15/h3-6,11-13,19H,2,7-10,14H2,1H3,(H,24,27). The largest absolute Gasteiger partial charge is 0.462 e. The first-order valence-corrected chi connectivity index (χ1v) is 10.1. The number of nitro groups is 1. The minimum Gasteiger partial charge on any atom is -0.462 e. The lowest BCUT2D eigenvalue weighted by molar-refractivity contribution is -0.384. The molecule has 164 valence electrons. The van der Waals surface area contributed by atoms with E-state index in [0.29, 0.717) is 19.4 Å². The van der Waals surface area contributed by atoms with E-state index in [4.69, 9.17) is 4.74 Å². The average Bonchev–Trinajstić information content (AvgIpc) is 2.76. The van der Waals surface area contributed by atoms with Crippen molar-refractivity contribution in [3.05, 3.63) is 75.1 Å². The van der Waals surface area contributed by atoms with Gasteiger partial charge < -0.3 is 10.1 Å². The van der Waals surface area contributed by atoms with E-state index >= 15 is 0 Å². The zero-order chi connectivity index (χ0) is 22.4. The Kier molecular flexibility index (Phi) is 7.30. The van der Waals surface area contributed by atoms with E-state index in [9.17, 15) is 24.1 Å².